The van der Waals surface area contributed by atoms with Crippen LogP contribution in [0.2, 0.25) is 0 Å². The molecule has 0 radical (unpaired) electrons. The van der Waals surface area contributed by atoms with Crippen LogP contribution in [0.3, 0.4) is 0 Å². The number of carbonyl (C=O) groups excluding carboxylic acids is 1. The van der Waals surface area contributed by atoms with Gasteiger partial charge in [0.2, 0.25) is 5.91 Å². The van der Waals surface area contributed by atoms with E-state index in [0.29, 0.717) is 18.2 Å². The first-order valence-corrected chi connectivity index (χ1v) is 10.8. The predicted octanol–water partition coefficient (Wildman–Crippen LogP) is 2.71. The Morgan fingerprint density at radius 3 is 2.87 bits per heavy atom. The lowest BCUT2D eigenvalue weighted by Gasteiger charge is -2.33. The van der Waals surface area contributed by atoms with Crippen molar-refractivity contribution in [1.29, 1.82) is 0 Å². The van der Waals surface area contributed by atoms with Crippen LogP contribution in [0.5, 0.6) is 0 Å². The molecule has 0 bridgehead atoms. The normalized spacial score (nSPS) is 20.0. The van der Waals surface area contributed by atoms with Crippen molar-refractivity contribution in [3.63, 3.8) is 0 Å². The molecule has 0 spiro atoms. The Hall–Kier alpha value is -2.74. The Morgan fingerprint density at radius 2 is 2.10 bits per heavy atom. The van der Waals surface area contributed by atoms with Crippen molar-refractivity contribution in [2.45, 2.75) is 45.4 Å². The fraction of sp³-hybridized carbons (Fsp3) is 0.545. The summed E-state index contributed by atoms with van der Waals surface area (Å²) in [7, 11) is 0. The number of hydrogen-bond donors (Lipinski definition) is 1. The van der Waals surface area contributed by atoms with Crippen molar-refractivity contribution in [2.24, 2.45) is 5.92 Å². The van der Waals surface area contributed by atoms with Crippen LogP contribution in [0.1, 0.15) is 48.7 Å². The van der Waals surface area contributed by atoms with Crippen molar-refractivity contribution in [3.8, 4) is 11.3 Å². The van der Waals surface area contributed by atoms with Crippen LogP contribution < -0.4 is 5.32 Å². The SMILES string of the molecule is Cc1cc(-c2cnc3cc(C)nn3c2C2CCCN(CC(=O)NCC3CC3)C2)on1. The van der Waals surface area contributed by atoms with Gasteiger partial charge in [-0.1, -0.05) is 5.16 Å². The molecule has 8 heteroatoms. The molecule has 1 atom stereocenters. The van der Waals surface area contributed by atoms with E-state index in [1.807, 2.05) is 36.7 Å². The number of aromatic nitrogens is 4. The molecule has 0 aromatic carbocycles. The molecule has 30 heavy (non-hydrogen) atoms. The third-order valence-electron chi connectivity index (χ3n) is 6.08. The minimum atomic E-state index is 0.128. The van der Waals surface area contributed by atoms with E-state index in [0.717, 1.165) is 60.8 Å². The average Bonchev–Trinajstić information content (AvgIpc) is 3.34. The molecule has 4 heterocycles. The number of carbonyl (C=O) groups is 1. The second-order valence-electron chi connectivity index (χ2n) is 8.77. The van der Waals surface area contributed by atoms with Gasteiger partial charge in [0.1, 0.15) is 0 Å². The highest BCUT2D eigenvalue weighted by atomic mass is 16.5. The summed E-state index contributed by atoms with van der Waals surface area (Å²) in [5.41, 5.74) is 4.62. The number of amides is 1. The number of nitrogens with one attached hydrogen (secondary N) is 1. The fourth-order valence-electron chi connectivity index (χ4n) is 4.40. The molecule has 1 saturated heterocycles. The lowest BCUT2D eigenvalue weighted by atomic mass is 9.91. The first-order valence-electron chi connectivity index (χ1n) is 10.8. The van der Waals surface area contributed by atoms with Crippen molar-refractivity contribution in [3.05, 3.63) is 35.4 Å². The predicted molar refractivity (Wildman–Crippen MR) is 112 cm³/mol. The highest BCUT2D eigenvalue weighted by molar-refractivity contribution is 5.78. The molecule has 5 rings (SSSR count). The highest BCUT2D eigenvalue weighted by Crippen LogP contribution is 2.35. The molecule has 3 aromatic heterocycles. The van der Waals surface area contributed by atoms with Gasteiger partial charge in [-0.25, -0.2) is 9.50 Å². The van der Waals surface area contributed by atoms with Crippen LogP contribution in [0.15, 0.2) is 22.9 Å². The molecule has 3 aromatic rings. The topological polar surface area (TPSA) is 88.6 Å². The summed E-state index contributed by atoms with van der Waals surface area (Å²) in [6.45, 7) is 6.92. The number of nitrogens with zero attached hydrogens (tertiary/aromatic N) is 5. The van der Waals surface area contributed by atoms with Gasteiger partial charge in [0.05, 0.1) is 29.2 Å². The number of hydrogen-bond acceptors (Lipinski definition) is 6. The number of rotatable bonds is 6. The van der Waals surface area contributed by atoms with E-state index in [4.69, 9.17) is 9.62 Å². The van der Waals surface area contributed by atoms with Gasteiger partial charge in [0, 0.05) is 37.3 Å². The van der Waals surface area contributed by atoms with Gasteiger partial charge in [-0.05, 0) is 52.0 Å². The molecule has 1 aliphatic heterocycles. The highest BCUT2D eigenvalue weighted by Gasteiger charge is 2.29. The number of piperidine rings is 1. The lowest BCUT2D eigenvalue weighted by Crippen LogP contribution is -2.42. The summed E-state index contributed by atoms with van der Waals surface area (Å²) in [6.07, 6.45) is 6.44. The number of aryl methyl sites for hydroxylation is 2. The van der Waals surface area contributed by atoms with Crippen LogP contribution >= 0.6 is 0 Å². The summed E-state index contributed by atoms with van der Waals surface area (Å²) in [5.74, 6) is 1.78. The average molecular weight is 409 g/mol. The monoisotopic (exact) mass is 408 g/mol. The second kappa shape index (κ2) is 7.83. The molecular formula is C22H28N6O2. The minimum Gasteiger partial charge on any atom is -0.356 e. The number of likely N-dealkylation sites (tertiary alicyclic amines) is 1. The van der Waals surface area contributed by atoms with E-state index in [1.54, 1.807) is 0 Å². The van der Waals surface area contributed by atoms with Gasteiger partial charge in [-0.2, -0.15) is 5.10 Å². The Kier molecular flexibility index (Phi) is 5.02. The summed E-state index contributed by atoms with van der Waals surface area (Å²) >= 11 is 0. The van der Waals surface area contributed by atoms with Crippen molar-refractivity contribution < 1.29 is 9.32 Å². The van der Waals surface area contributed by atoms with E-state index in [1.165, 1.54) is 12.8 Å². The third kappa shape index (κ3) is 3.96. The zero-order valence-electron chi connectivity index (χ0n) is 17.6. The van der Waals surface area contributed by atoms with Crippen molar-refractivity contribution in [2.75, 3.05) is 26.2 Å². The third-order valence-corrected chi connectivity index (χ3v) is 6.08. The molecule has 1 aliphatic carbocycles. The Labute approximate surface area is 175 Å². The van der Waals surface area contributed by atoms with E-state index in [9.17, 15) is 4.79 Å². The molecule has 1 saturated carbocycles. The molecule has 158 valence electrons. The summed E-state index contributed by atoms with van der Waals surface area (Å²) in [6, 6.07) is 3.93. The fourth-order valence-corrected chi connectivity index (χ4v) is 4.40. The zero-order chi connectivity index (χ0) is 20.7. The van der Waals surface area contributed by atoms with Gasteiger partial charge in [0.25, 0.3) is 0 Å². The van der Waals surface area contributed by atoms with E-state index in [-0.39, 0.29) is 11.8 Å². The van der Waals surface area contributed by atoms with E-state index in [2.05, 4.69) is 20.4 Å². The lowest BCUT2D eigenvalue weighted by molar-refractivity contribution is -0.122. The molecule has 1 unspecified atom stereocenters. The Balaban J connectivity index is 1.42. The summed E-state index contributed by atoms with van der Waals surface area (Å²) in [4.78, 5) is 19.2. The number of fused-ring (bicyclic) bond motifs is 1. The van der Waals surface area contributed by atoms with Crippen LogP contribution in [0, 0.1) is 19.8 Å². The van der Waals surface area contributed by atoms with Gasteiger partial charge in [-0.3, -0.25) is 9.69 Å². The molecule has 2 fully saturated rings. The maximum absolute atomic E-state index is 12.4. The quantitative estimate of drug-likeness (QED) is 0.675. The molecule has 1 amide bonds. The first kappa shape index (κ1) is 19.2. The Morgan fingerprint density at radius 1 is 1.23 bits per heavy atom. The van der Waals surface area contributed by atoms with Crippen LogP contribution in [-0.4, -0.2) is 56.7 Å². The first-order chi connectivity index (χ1) is 14.6. The van der Waals surface area contributed by atoms with Crippen LogP contribution in [0.25, 0.3) is 17.0 Å². The summed E-state index contributed by atoms with van der Waals surface area (Å²) < 4.78 is 7.53. The minimum absolute atomic E-state index is 0.128. The zero-order valence-corrected chi connectivity index (χ0v) is 17.6. The smallest absolute Gasteiger partial charge is 0.234 e. The van der Waals surface area contributed by atoms with Crippen LogP contribution in [-0.2, 0) is 4.79 Å². The van der Waals surface area contributed by atoms with Gasteiger partial charge in [0.15, 0.2) is 11.4 Å². The molecular weight excluding hydrogens is 380 g/mol. The second-order valence-corrected chi connectivity index (χ2v) is 8.77. The van der Waals surface area contributed by atoms with Gasteiger partial charge in [-0.15, -0.1) is 0 Å². The van der Waals surface area contributed by atoms with Crippen LogP contribution in [0.4, 0.5) is 0 Å². The van der Waals surface area contributed by atoms with Crippen molar-refractivity contribution in [1.82, 2.24) is 30.0 Å². The molecule has 1 N–H and O–H groups in total. The van der Waals surface area contributed by atoms with Gasteiger partial charge >= 0.3 is 0 Å². The Bertz CT molecular complexity index is 1070. The summed E-state index contributed by atoms with van der Waals surface area (Å²) in [5, 5.41) is 11.9. The maximum atomic E-state index is 12.4. The maximum Gasteiger partial charge on any atom is 0.234 e. The molecule has 2 aliphatic rings. The van der Waals surface area contributed by atoms with Crippen molar-refractivity contribution >= 4 is 11.6 Å². The standard InChI is InChI=1S/C22H28N6O2/c1-14-9-20-23-11-18(19-8-15(2)26-30-19)22(28(20)25-14)17-4-3-7-27(12-17)13-21(29)24-10-16-5-6-16/h8-9,11,16-17H,3-7,10,12-13H2,1-2H3,(H,24,29). The van der Waals surface area contributed by atoms with E-state index < -0.39 is 0 Å². The van der Waals surface area contributed by atoms with E-state index >= 15 is 0 Å². The molecule has 8 nitrogen and oxygen atoms in total. The van der Waals surface area contributed by atoms with Gasteiger partial charge < -0.3 is 9.84 Å². The largest absolute Gasteiger partial charge is 0.356 e.